The van der Waals surface area contributed by atoms with Crippen molar-refractivity contribution in [2.75, 3.05) is 34.8 Å². The van der Waals surface area contributed by atoms with Crippen LogP contribution >= 0.6 is 0 Å². The van der Waals surface area contributed by atoms with E-state index in [1.165, 1.54) is 0 Å². The molecule has 2 aromatic rings. The number of rotatable bonds is 6. The summed E-state index contributed by atoms with van der Waals surface area (Å²) in [6.07, 6.45) is 0.244. The van der Waals surface area contributed by atoms with E-state index in [0.29, 0.717) is 6.54 Å². The number of hydrogen-bond donors (Lipinski definition) is 1. The molecule has 0 aliphatic carbocycles. The van der Waals surface area contributed by atoms with E-state index in [2.05, 4.69) is 42.3 Å². The summed E-state index contributed by atoms with van der Waals surface area (Å²) < 4.78 is 0. The van der Waals surface area contributed by atoms with Crippen molar-refractivity contribution in [3.8, 4) is 0 Å². The van der Waals surface area contributed by atoms with E-state index < -0.39 is 0 Å². The van der Waals surface area contributed by atoms with Crippen LogP contribution in [0.3, 0.4) is 0 Å². The summed E-state index contributed by atoms with van der Waals surface area (Å²) in [6.45, 7) is 12.6. The third-order valence-corrected chi connectivity index (χ3v) is 5.58. The second-order valence-electron chi connectivity index (χ2n) is 7.91. The van der Waals surface area contributed by atoms with Crippen LogP contribution in [0.4, 0.5) is 17.1 Å². The van der Waals surface area contributed by atoms with Crippen molar-refractivity contribution in [2.45, 2.75) is 41.0 Å². The Morgan fingerprint density at radius 1 is 1.07 bits per heavy atom. The summed E-state index contributed by atoms with van der Waals surface area (Å²) >= 11 is 0. The van der Waals surface area contributed by atoms with Gasteiger partial charge in [-0.15, -0.1) is 0 Å². The number of hydrogen-bond acceptors (Lipinski definition) is 3. The molecule has 154 valence electrons. The monoisotopic (exact) mass is 393 g/mol. The second-order valence-corrected chi connectivity index (χ2v) is 7.91. The van der Waals surface area contributed by atoms with Gasteiger partial charge in [0, 0.05) is 43.1 Å². The largest absolute Gasteiger partial charge is 0.372 e. The van der Waals surface area contributed by atoms with E-state index in [1.54, 1.807) is 4.90 Å². The van der Waals surface area contributed by atoms with Crippen molar-refractivity contribution in [1.82, 2.24) is 0 Å². The lowest BCUT2D eigenvalue weighted by Crippen LogP contribution is -2.29. The van der Waals surface area contributed by atoms with Gasteiger partial charge in [-0.1, -0.05) is 6.07 Å². The van der Waals surface area contributed by atoms with Gasteiger partial charge < -0.3 is 15.1 Å². The van der Waals surface area contributed by atoms with Gasteiger partial charge in [-0.2, -0.15) is 0 Å². The Labute approximate surface area is 173 Å². The van der Waals surface area contributed by atoms with Crippen molar-refractivity contribution >= 4 is 28.9 Å². The highest BCUT2D eigenvalue weighted by atomic mass is 16.2. The van der Waals surface area contributed by atoms with Crippen LogP contribution in [0, 0.1) is 26.7 Å². The van der Waals surface area contributed by atoms with Gasteiger partial charge in [0.1, 0.15) is 0 Å². The number of aryl methyl sites for hydroxylation is 3. The summed E-state index contributed by atoms with van der Waals surface area (Å²) in [7, 11) is 0. The number of nitrogens with one attached hydrogen (secondary N) is 1. The maximum atomic E-state index is 12.8. The van der Waals surface area contributed by atoms with Gasteiger partial charge >= 0.3 is 0 Å². The second kappa shape index (κ2) is 8.68. The smallest absolute Gasteiger partial charge is 0.229 e. The molecule has 1 fully saturated rings. The first-order valence-corrected chi connectivity index (χ1v) is 10.4. The van der Waals surface area contributed by atoms with Crippen molar-refractivity contribution in [1.29, 1.82) is 0 Å². The quantitative estimate of drug-likeness (QED) is 0.789. The molecule has 5 nitrogen and oxygen atoms in total. The number of benzene rings is 2. The molecular weight excluding hydrogens is 362 g/mol. The van der Waals surface area contributed by atoms with Gasteiger partial charge in [0.15, 0.2) is 0 Å². The van der Waals surface area contributed by atoms with Crippen LogP contribution in [0.25, 0.3) is 0 Å². The molecule has 5 heteroatoms. The Morgan fingerprint density at radius 3 is 2.31 bits per heavy atom. The summed E-state index contributed by atoms with van der Waals surface area (Å²) in [5.41, 5.74) is 6.11. The Kier molecular flexibility index (Phi) is 6.26. The molecule has 1 atom stereocenters. The molecule has 1 aliphatic rings. The Hall–Kier alpha value is -2.82. The van der Waals surface area contributed by atoms with Crippen molar-refractivity contribution in [3.63, 3.8) is 0 Å². The lowest BCUT2D eigenvalue weighted by molar-refractivity contribution is -0.122. The van der Waals surface area contributed by atoms with Crippen LogP contribution in [0.1, 0.15) is 37.0 Å². The fourth-order valence-corrected chi connectivity index (χ4v) is 4.14. The minimum atomic E-state index is -0.342. The van der Waals surface area contributed by atoms with E-state index in [0.717, 1.165) is 46.8 Å². The Bertz CT molecular complexity index is 898. The fourth-order valence-electron chi connectivity index (χ4n) is 4.14. The highest BCUT2D eigenvalue weighted by molar-refractivity contribution is 6.04. The van der Waals surface area contributed by atoms with Crippen LogP contribution in [0.15, 0.2) is 36.4 Å². The third kappa shape index (κ3) is 4.61. The van der Waals surface area contributed by atoms with Gasteiger partial charge in [-0.3, -0.25) is 9.59 Å². The normalized spacial score (nSPS) is 16.2. The Balaban J connectivity index is 1.73. The zero-order valence-corrected chi connectivity index (χ0v) is 18.1. The van der Waals surface area contributed by atoms with E-state index in [1.807, 2.05) is 39.0 Å². The standard InChI is InChI=1S/C24H31N3O2/c1-6-26(7-2)21-8-9-22(18(5)13-21)27-15-19(14-23(27)28)24(29)25-20-11-16(3)10-17(4)12-20/h8-13,19H,6-7,14-15H2,1-5H3,(H,25,29). The number of nitrogens with zero attached hydrogens (tertiary/aromatic N) is 2. The van der Waals surface area contributed by atoms with Crippen LogP contribution in [-0.4, -0.2) is 31.4 Å². The molecule has 0 aromatic heterocycles. The first kappa shape index (κ1) is 20.9. The van der Waals surface area contributed by atoms with Crippen molar-refractivity contribution in [3.05, 3.63) is 53.1 Å². The average molecular weight is 394 g/mol. The predicted octanol–water partition coefficient (Wildman–Crippen LogP) is 4.45. The van der Waals surface area contributed by atoms with Gasteiger partial charge in [0.2, 0.25) is 11.8 Å². The average Bonchev–Trinajstić information content (AvgIpc) is 3.04. The van der Waals surface area contributed by atoms with E-state index >= 15 is 0 Å². The van der Waals surface area contributed by atoms with E-state index in [9.17, 15) is 9.59 Å². The summed E-state index contributed by atoms with van der Waals surface area (Å²) in [5.74, 6) is -0.433. The first-order chi connectivity index (χ1) is 13.8. The molecule has 29 heavy (non-hydrogen) atoms. The van der Waals surface area contributed by atoms with Crippen molar-refractivity contribution < 1.29 is 9.59 Å². The Morgan fingerprint density at radius 2 is 1.72 bits per heavy atom. The minimum Gasteiger partial charge on any atom is -0.372 e. The molecule has 0 spiro atoms. The molecule has 1 N–H and O–H groups in total. The van der Waals surface area contributed by atoms with Crippen LogP contribution in [0.5, 0.6) is 0 Å². The molecular formula is C24H31N3O2. The highest BCUT2D eigenvalue weighted by Crippen LogP contribution is 2.31. The molecule has 1 saturated heterocycles. The van der Waals surface area contributed by atoms with E-state index in [4.69, 9.17) is 0 Å². The molecule has 0 radical (unpaired) electrons. The number of amides is 2. The fraction of sp³-hybridized carbons (Fsp3) is 0.417. The number of anilines is 3. The number of carbonyl (C=O) groups is 2. The summed E-state index contributed by atoms with van der Waals surface area (Å²) in [6, 6.07) is 12.2. The summed E-state index contributed by atoms with van der Waals surface area (Å²) in [4.78, 5) is 29.5. The predicted molar refractivity (Wildman–Crippen MR) is 120 cm³/mol. The zero-order valence-electron chi connectivity index (χ0n) is 18.1. The van der Waals surface area contributed by atoms with Gasteiger partial charge in [-0.05, 0) is 81.6 Å². The molecule has 2 amide bonds. The van der Waals surface area contributed by atoms with E-state index in [-0.39, 0.29) is 24.2 Å². The third-order valence-electron chi connectivity index (χ3n) is 5.58. The van der Waals surface area contributed by atoms with Crippen LogP contribution in [0.2, 0.25) is 0 Å². The lowest BCUT2D eigenvalue weighted by Gasteiger charge is -2.24. The first-order valence-electron chi connectivity index (χ1n) is 10.4. The SMILES string of the molecule is CCN(CC)c1ccc(N2CC(C(=O)Nc3cc(C)cc(C)c3)CC2=O)c(C)c1. The van der Waals surface area contributed by atoms with Crippen LogP contribution in [-0.2, 0) is 9.59 Å². The number of carbonyl (C=O) groups excluding carboxylic acids is 2. The van der Waals surface area contributed by atoms with Gasteiger partial charge in [0.25, 0.3) is 0 Å². The molecule has 0 bridgehead atoms. The molecule has 0 saturated carbocycles. The zero-order chi connectivity index (χ0) is 21.1. The molecule has 1 aliphatic heterocycles. The maximum absolute atomic E-state index is 12.8. The molecule has 3 rings (SSSR count). The summed E-state index contributed by atoms with van der Waals surface area (Å²) in [5, 5.41) is 2.99. The minimum absolute atomic E-state index is 0.00395. The highest BCUT2D eigenvalue weighted by Gasteiger charge is 2.35. The molecule has 2 aromatic carbocycles. The maximum Gasteiger partial charge on any atom is 0.229 e. The van der Waals surface area contributed by atoms with Gasteiger partial charge in [0.05, 0.1) is 5.92 Å². The molecule has 1 heterocycles. The lowest BCUT2D eigenvalue weighted by atomic mass is 10.1. The van der Waals surface area contributed by atoms with Crippen LogP contribution < -0.4 is 15.1 Å². The molecule has 1 unspecified atom stereocenters. The van der Waals surface area contributed by atoms with Crippen molar-refractivity contribution in [2.24, 2.45) is 5.92 Å². The van der Waals surface area contributed by atoms with Gasteiger partial charge in [-0.25, -0.2) is 0 Å². The topological polar surface area (TPSA) is 52.6 Å².